The third-order valence-corrected chi connectivity index (χ3v) is 3.05. The summed E-state index contributed by atoms with van der Waals surface area (Å²) in [7, 11) is 0. The number of carbonyl (C=O) groups is 1. The molecule has 0 spiro atoms. The molecule has 1 heterocycles. The Labute approximate surface area is 118 Å². The number of aromatic nitrogens is 1. The molecule has 0 aliphatic heterocycles. The SMILES string of the molecule is CCN(Cc1ccccn1)C(=O)c1ccc(N)cc1N. The van der Waals surface area contributed by atoms with E-state index in [-0.39, 0.29) is 5.91 Å². The maximum Gasteiger partial charge on any atom is 0.256 e. The van der Waals surface area contributed by atoms with Crippen LogP contribution in [0.25, 0.3) is 0 Å². The zero-order valence-electron chi connectivity index (χ0n) is 11.4. The quantitative estimate of drug-likeness (QED) is 0.831. The molecule has 104 valence electrons. The molecule has 1 aromatic heterocycles. The van der Waals surface area contributed by atoms with Crippen molar-refractivity contribution in [2.45, 2.75) is 13.5 Å². The summed E-state index contributed by atoms with van der Waals surface area (Å²) in [4.78, 5) is 18.4. The first-order chi connectivity index (χ1) is 9.61. The van der Waals surface area contributed by atoms with Crippen molar-refractivity contribution >= 4 is 17.3 Å². The minimum absolute atomic E-state index is 0.115. The maximum absolute atomic E-state index is 12.5. The van der Waals surface area contributed by atoms with Crippen LogP contribution in [0.1, 0.15) is 23.0 Å². The largest absolute Gasteiger partial charge is 0.399 e. The van der Waals surface area contributed by atoms with Crippen molar-refractivity contribution in [1.82, 2.24) is 9.88 Å². The molecule has 0 bridgehead atoms. The van der Waals surface area contributed by atoms with Crippen LogP contribution in [0.3, 0.4) is 0 Å². The average molecular weight is 270 g/mol. The molecule has 0 fully saturated rings. The highest BCUT2D eigenvalue weighted by Crippen LogP contribution is 2.18. The van der Waals surface area contributed by atoms with Crippen LogP contribution in [0.4, 0.5) is 11.4 Å². The molecule has 2 rings (SSSR count). The van der Waals surface area contributed by atoms with Gasteiger partial charge in [0, 0.05) is 24.1 Å². The Balaban J connectivity index is 2.21. The summed E-state index contributed by atoms with van der Waals surface area (Å²) in [5.74, 6) is -0.115. The first-order valence-corrected chi connectivity index (χ1v) is 6.46. The molecule has 0 aliphatic carbocycles. The normalized spacial score (nSPS) is 10.2. The lowest BCUT2D eigenvalue weighted by molar-refractivity contribution is 0.0751. The fourth-order valence-electron chi connectivity index (χ4n) is 1.96. The number of anilines is 2. The summed E-state index contributed by atoms with van der Waals surface area (Å²) < 4.78 is 0. The van der Waals surface area contributed by atoms with Gasteiger partial charge in [0.15, 0.2) is 0 Å². The van der Waals surface area contributed by atoms with Crippen LogP contribution in [0.15, 0.2) is 42.6 Å². The summed E-state index contributed by atoms with van der Waals surface area (Å²) in [6, 6.07) is 10.6. The highest BCUT2D eigenvalue weighted by molar-refractivity contribution is 5.99. The number of hydrogen-bond donors (Lipinski definition) is 2. The van der Waals surface area contributed by atoms with Gasteiger partial charge in [0.05, 0.1) is 17.8 Å². The van der Waals surface area contributed by atoms with E-state index >= 15 is 0 Å². The van der Waals surface area contributed by atoms with E-state index in [0.717, 1.165) is 5.69 Å². The summed E-state index contributed by atoms with van der Waals surface area (Å²) in [5.41, 5.74) is 13.8. The average Bonchev–Trinajstić information content (AvgIpc) is 2.45. The van der Waals surface area contributed by atoms with Crippen molar-refractivity contribution in [3.8, 4) is 0 Å². The van der Waals surface area contributed by atoms with E-state index in [1.165, 1.54) is 0 Å². The minimum Gasteiger partial charge on any atom is -0.399 e. The number of nitrogen functional groups attached to an aromatic ring is 2. The van der Waals surface area contributed by atoms with Gasteiger partial charge in [0.2, 0.25) is 0 Å². The monoisotopic (exact) mass is 270 g/mol. The summed E-state index contributed by atoms with van der Waals surface area (Å²) >= 11 is 0. The Morgan fingerprint density at radius 1 is 1.25 bits per heavy atom. The molecule has 0 saturated heterocycles. The van der Waals surface area contributed by atoms with Crippen molar-refractivity contribution in [3.63, 3.8) is 0 Å². The lowest BCUT2D eigenvalue weighted by atomic mass is 10.1. The van der Waals surface area contributed by atoms with Crippen LogP contribution >= 0.6 is 0 Å². The second-order valence-corrected chi connectivity index (χ2v) is 4.49. The number of amides is 1. The molecular formula is C15H18N4O. The molecule has 1 aromatic carbocycles. The molecule has 0 radical (unpaired) electrons. The van der Waals surface area contributed by atoms with Gasteiger partial charge in [0.1, 0.15) is 0 Å². The van der Waals surface area contributed by atoms with Crippen molar-refractivity contribution in [2.75, 3.05) is 18.0 Å². The number of pyridine rings is 1. The van der Waals surface area contributed by atoms with Gasteiger partial charge in [0.25, 0.3) is 5.91 Å². The van der Waals surface area contributed by atoms with Crippen molar-refractivity contribution in [1.29, 1.82) is 0 Å². The molecule has 0 atom stereocenters. The molecule has 1 amide bonds. The Bertz CT molecular complexity index is 598. The molecule has 0 saturated carbocycles. The van der Waals surface area contributed by atoms with E-state index in [9.17, 15) is 4.79 Å². The van der Waals surface area contributed by atoms with Gasteiger partial charge in [-0.05, 0) is 37.3 Å². The number of rotatable bonds is 4. The van der Waals surface area contributed by atoms with Gasteiger partial charge >= 0.3 is 0 Å². The molecule has 4 N–H and O–H groups in total. The second kappa shape index (κ2) is 6.06. The number of benzene rings is 1. The first kappa shape index (κ1) is 13.9. The smallest absolute Gasteiger partial charge is 0.256 e. The van der Waals surface area contributed by atoms with Gasteiger partial charge in [-0.1, -0.05) is 6.07 Å². The number of hydrogen-bond acceptors (Lipinski definition) is 4. The minimum atomic E-state index is -0.115. The zero-order chi connectivity index (χ0) is 14.5. The predicted octanol–water partition coefficient (Wildman–Crippen LogP) is 1.91. The van der Waals surface area contributed by atoms with Crippen molar-refractivity contribution in [3.05, 3.63) is 53.9 Å². The van der Waals surface area contributed by atoms with Crippen molar-refractivity contribution in [2.24, 2.45) is 0 Å². The van der Waals surface area contributed by atoms with E-state index in [2.05, 4.69) is 4.98 Å². The summed E-state index contributed by atoms with van der Waals surface area (Å²) in [6.45, 7) is 2.97. The van der Waals surface area contributed by atoms with Gasteiger partial charge in [-0.15, -0.1) is 0 Å². The van der Waals surface area contributed by atoms with E-state index in [1.807, 2.05) is 25.1 Å². The number of carbonyl (C=O) groups excluding carboxylic acids is 1. The highest BCUT2D eigenvalue weighted by atomic mass is 16.2. The van der Waals surface area contributed by atoms with Gasteiger partial charge in [-0.2, -0.15) is 0 Å². The fourth-order valence-corrected chi connectivity index (χ4v) is 1.96. The van der Waals surface area contributed by atoms with Crippen molar-refractivity contribution < 1.29 is 4.79 Å². The number of nitrogens with zero attached hydrogens (tertiary/aromatic N) is 2. The third kappa shape index (κ3) is 3.06. The predicted molar refractivity (Wildman–Crippen MR) is 79.9 cm³/mol. The summed E-state index contributed by atoms with van der Waals surface area (Å²) in [5, 5.41) is 0. The van der Waals surface area contributed by atoms with E-state index in [1.54, 1.807) is 29.3 Å². The van der Waals surface area contributed by atoms with Crippen LogP contribution < -0.4 is 11.5 Å². The Morgan fingerprint density at radius 2 is 2.05 bits per heavy atom. The lowest BCUT2D eigenvalue weighted by Crippen LogP contribution is -2.31. The fraction of sp³-hybridized carbons (Fsp3) is 0.200. The third-order valence-electron chi connectivity index (χ3n) is 3.05. The molecule has 2 aromatic rings. The molecule has 5 heteroatoms. The van der Waals surface area contributed by atoms with Gasteiger partial charge < -0.3 is 16.4 Å². The number of nitrogens with two attached hydrogens (primary N) is 2. The molecule has 0 aliphatic rings. The molecule has 5 nitrogen and oxygen atoms in total. The standard InChI is InChI=1S/C15H18N4O/c1-2-19(10-12-5-3-4-8-18-12)15(20)13-7-6-11(16)9-14(13)17/h3-9H,2,10,16-17H2,1H3. The second-order valence-electron chi connectivity index (χ2n) is 4.49. The van der Waals surface area contributed by atoms with E-state index in [0.29, 0.717) is 30.0 Å². The molecule has 0 unspecified atom stereocenters. The van der Waals surface area contributed by atoms with Crippen LogP contribution in [0.5, 0.6) is 0 Å². The topological polar surface area (TPSA) is 85.2 Å². The Hall–Kier alpha value is -2.56. The van der Waals surface area contributed by atoms with Crippen LogP contribution in [-0.2, 0) is 6.54 Å². The van der Waals surface area contributed by atoms with Gasteiger partial charge in [-0.25, -0.2) is 0 Å². The molecular weight excluding hydrogens is 252 g/mol. The first-order valence-electron chi connectivity index (χ1n) is 6.46. The van der Waals surface area contributed by atoms with Crippen LogP contribution in [0.2, 0.25) is 0 Å². The van der Waals surface area contributed by atoms with E-state index in [4.69, 9.17) is 11.5 Å². The van der Waals surface area contributed by atoms with Gasteiger partial charge in [-0.3, -0.25) is 9.78 Å². The Kier molecular flexibility index (Phi) is 4.20. The van der Waals surface area contributed by atoms with Crippen LogP contribution in [-0.4, -0.2) is 22.3 Å². The summed E-state index contributed by atoms with van der Waals surface area (Å²) in [6.07, 6.45) is 1.71. The molecule has 20 heavy (non-hydrogen) atoms. The highest BCUT2D eigenvalue weighted by Gasteiger charge is 2.17. The Morgan fingerprint density at radius 3 is 2.65 bits per heavy atom. The zero-order valence-corrected chi connectivity index (χ0v) is 11.4. The van der Waals surface area contributed by atoms with Crippen LogP contribution in [0, 0.1) is 0 Å². The maximum atomic E-state index is 12.5. The lowest BCUT2D eigenvalue weighted by Gasteiger charge is -2.21. The van der Waals surface area contributed by atoms with E-state index < -0.39 is 0 Å².